The number of rotatable bonds is 4. The maximum Gasteiger partial charge on any atom is 0.144 e. The third-order valence-electron chi connectivity index (χ3n) is 2.68. The van der Waals surface area contributed by atoms with Gasteiger partial charge in [0, 0.05) is 29.8 Å². The fourth-order valence-corrected chi connectivity index (χ4v) is 2.11. The van der Waals surface area contributed by atoms with Crippen LogP contribution in [0.25, 0.3) is 0 Å². The van der Waals surface area contributed by atoms with Crippen molar-refractivity contribution in [3.63, 3.8) is 0 Å². The molecule has 0 amide bonds. The van der Waals surface area contributed by atoms with E-state index in [4.69, 9.17) is 5.73 Å². The molecule has 0 aliphatic carbocycles. The summed E-state index contributed by atoms with van der Waals surface area (Å²) < 4.78 is 14.5. The summed E-state index contributed by atoms with van der Waals surface area (Å²) in [6.07, 6.45) is 1.65. The molecule has 0 spiro atoms. The van der Waals surface area contributed by atoms with E-state index in [1.54, 1.807) is 24.4 Å². The van der Waals surface area contributed by atoms with Gasteiger partial charge in [-0.2, -0.15) is 0 Å². The predicted octanol–water partition coefficient (Wildman–Crippen LogP) is 2.47. The first-order valence-corrected chi connectivity index (χ1v) is 6.56. The van der Waals surface area contributed by atoms with Gasteiger partial charge in [-0.3, -0.25) is 0 Å². The standard InChI is InChI=1S/C13H14BrFN4/c1-19(13-4-5-17-12(7-16)18-13)8-9-6-10(14)2-3-11(9)15/h2-6H,7-8,16H2,1H3. The average Bonchev–Trinajstić information content (AvgIpc) is 2.43. The number of nitrogens with two attached hydrogens (primary N) is 1. The van der Waals surface area contributed by atoms with Crippen LogP contribution in [-0.4, -0.2) is 17.0 Å². The highest BCUT2D eigenvalue weighted by molar-refractivity contribution is 9.10. The van der Waals surface area contributed by atoms with Gasteiger partial charge in [-0.25, -0.2) is 14.4 Å². The second-order valence-electron chi connectivity index (χ2n) is 4.13. The predicted molar refractivity (Wildman–Crippen MR) is 76.1 cm³/mol. The van der Waals surface area contributed by atoms with Crippen LogP contribution in [0.15, 0.2) is 34.9 Å². The lowest BCUT2D eigenvalue weighted by Gasteiger charge is -2.19. The highest BCUT2D eigenvalue weighted by Gasteiger charge is 2.09. The third kappa shape index (κ3) is 3.48. The summed E-state index contributed by atoms with van der Waals surface area (Å²) in [6.45, 7) is 0.708. The summed E-state index contributed by atoms with van der Waals surface area (Å²) in [5, 5.41) is 0. The minimum atomic E-state index is -0.233. The zero-order valence-electron chi connectivity index (χ0n) is 10.5. The van der Waals surface area contributed by atoms with Crippen LogP contribution in [0.5, 0.6) is 0 Å². The molecule has 0 fully saturated rings. The Morgan fingerprint density at radius 1 is 1.37 bits per heavy atom. The number of benzene rings is 1. The first-order chi connectivity index (χ1) is 9.10. The van der Waals surface area contributed by atoms with Crippen LogP contribution in [0.3, 0.4) is 0 Å². The highest BCUT2D eigenvalue weighted by Crippen LogP contribution is 2.19. The van der Waals surface area contributed by atoms with E-state index in [0.717, 1.165) is 10.3 Å². The molecule has 0 atom stereocenters. The number of hydrogen-bond donors (Lipinski definition) is 1. The first kappa shape index (κ1) is 13.9. The zero-order valence-corrected chi connectivity index (χ0v) is 12.1. The third-order valence-corrected chi connectivity index (χ3v) is 3.17. The highest BCUT2D eigenvalue weighted by atomic mass is 79.9. The van der Waals surface area contributed by atoms with Crippen molar-refractivity contribution in [1.29, 1.82) is 0 Å². The molecule has 0 bridgehead atoms. The summed E-state index contributed by atoms with van der Waals surface area (Å²) in [5.74, 6) is 1.05. The topological polar surface area (TPSA) is 55.0 Å². The number of anilines is 1. The summed E-state index contributed by atoms with van der Waals surface area (Å²) in [4.78, 5) is 10.2. The molecule has 2 aromatic rings. The smallest absolute Gasteiger partial charge is 0.144 e. The van der Waals surface area contributed by atoms with E-state index in [1.165, 1.54) is 6.07 Å². The Hall–Kier alpha value is -1.53. The number of nitrogens with zero attached hydrogens (tertiary/aromatic N) is 3. The van der Waals surface area contributed by atoms with Crippen molar-refractivity contribution in [2.24, 2.45) is 5.73 Å². The van der Waals surface area contributed by atoms with Crippen molar-refractivity contribution in [3.05, 3.63) is 52.1 Å². The van der Waals surface area contributed by atoms with Gasteiger partial charge >= 0.3 is 0 Å². The molecule has 0 aliphatic heterocycles. The van der Waals surface area contributed by atoms with Crippen LogP contribution in [0.4, 0.5) is 10.2 Å². The van der Waals surface area contributed by atoms with Gasteiger partial charge in [0.2, 0.25) is 0 Å². The van der Waals surface area contributed by atoms with Gasteiger partial charge in [0.05, 0.1) is 6.54 Å². The molecule has 1 heterocycles. The van der Waals surface area contributed by atoms with Gasteiger partial charge in [-0.05, 0) is 24.3 Å². The summed E-state index contributed by atoms with van der Waals surface area (Å²) in [5.41, 5.74) is 6.11. The first-order valence-electron chi connectivity index (χ1n) is 5.77. The molecule has 2 rings (SSSR count). The molecule has 6 heteroatoms. The molecule has 100 valence electrons. The molecule has 1 aromatic carbocycles. The van der Waals surface area contributed by atoms with E-state index >= 15 is 0 Å². The maximum atomic E-state index is 13.7. The van der Waals surface area contributed by atoms with Crippen LogP contribution >= 0.6 is 15.9 Å². The molecule has 0 saturated carbocycles. The second-order valence-corrected chi connectivity index (χ2v) is 5.04. The van der Waals surface area contributed by atoms with Crippen molar-refractivity contribution in [1.82, 2.24) is 9.97 Å². The van der Waals surface area contributed by atoms with E-state index in [9.17, 15) is 4.39 Å². The number of aromatic nitrogens is 2. The minimum absolute atomic E-state index is 0.233. The molecule has 0 aliphatic rings. The van der Waals surface area contributed by atoms with Gasteiger partial charge < -0.3 is 10.6 Å². The normalized spacial score (nSPS) is 10.5. The molecule has 0 saturated heterocycles. The van der Waals surface area contributed by atoms with Crippen LogP contribution < -0.4 is 10.6 Å². The van der Waals surface area contributed by atoms with Crippen molar-refractivity contribution >= 4 is 21.7 Å². The fourth-order valence-electron chi connectivity index (χ4n) is 1.70. The monoisotopic (exact) mass is 324 g/mol. The van der Waals surface area contributed by atoms with Crippen LogP contribution in [-0.2, 0) is 13.1 Å². The summed E-state index contributed by atoms with van der Waals surface area (Å²) in [7, 11) is 1.85. The van der Waals surface area contributed by atoms with Gasteiger partial charge in [0.1, 0.15) is 17.5 Å². The molecule has 19 heavy (non-hydrogen) atoms. The van der Waals surface area contributed by atoms with Crippen molar-refractivity contribution < 1.29 is 4.39 Å². The quantitative estimate of drug-likeness (QED) is 0.938. The molecule has 1 aromatic heterocycles. The van der Waals surface area contributed by atoms with Gasteiger partial charge in [0.25, 0.3) is 0 Å². The van der Waals surface area contributed by atoms with Crippen LogP contribution in [0, 0.1) is 5.82 Å². The van der Waals surface area contributed by atoms with Gasteiger partial charge in [-0.15, -0.1) is 0 Å². The number of halogens is 2. The Morgan fingerprint density at radius 2 is 2.16 bits per heavy atom. The molecule has 0 radical (unpaired) electrons. The van der Waals surface area contributed by atoms with E-state index in [1.807, 2.05) is 11.9 Å². The maximum absolute atomic E-state index is 13.7. The zero-order chi connectivity index (χ0) is 13.8. The Balaban J connectivity index is 2.20. The van der Waals surface area contributed by atoms with E-state index < -0.39 is 0 Å². The lowest BCUT2D eigenvalue weighted by Crippen LogP contribution is -2.19. The molecular formula is C13H14BrFN4. The fraction of sp³-hybridized carbons (Fsp3) is 0.231. The van der Waals surface area contributed by atoms with E-state index in [-0.39, 0.29) is 12.4 Å². The van der Waals surface area contributed by atoms with Crippen LogP contribution in [0.1, 0.15) is 11.4 Å². The molecule has 0 unspecified atom stereocenters. The van der Waals surface area contributed by atoms with E-state index in [2.05, 4.69) is 25.9 Å². The second kappa shape index (κ2) is 6.08. The summed E-state index contributed by atoms with van der Waals surface area (Å²) in [6, 6.07) is 6.65. The Kier molecular flexibility index (Phi) is 4.44. The van der Waals surface area contributed by atoms with Crippen LogP contribution in [0.2, 0.25) is 0 Å². The molecular weight excluding hydrogens is 311 g/mol. The lowest BCUT2D eigenvalue weighted by atomic mass is 10.2. The van der Waals surface area contributed by atoms with E-state index in [0.29, 0.717) is 17.9 Å². The van der Waals surface area contributed by atoms with Gasteiger partial charge in [0.15, 0.2) is 0 Å². The Bertz CT molecular complexity index is 576. The SMILES string of the molecule is CN(Cc1cc(Br)ccc1F)c1ccnc(CN)n1. The Labute approximate surface area is 119 Å². The minimum Gasteiger partial charge on any atom is -0.355 e. The Morgan fingerprint density at radius 3 is 2.89 bits per heavy atom. The average molecular weight is 325 g/mol. The van der Waals surface area contributed by atoms with Crippen molar-refractivity contribution in [2.75, 3.05) is 11.9 Å². The summed E-state index contributed by atoms with van der Waals surface area (Å²) >= 11 is 3.34. The largest absolute Gasteiger partial charge is 0.355 e. The van der Waals surface area contributed by atoms with Crippen molar-refractivity contribution in [3.8, 4) is 0 Å². The number of hydrogen-bond acceptors (Lipinski definition) is 4. The lowest BCUT2D eigenvalue weighted by molar-refractivity contribution is 0.607. The van der Waals surface area contributed by atoms with Gasteiger partial charge in [-0.1, -0.05) is 15.9 Å². The molecule has 2 N–H and O–H groups in total. The van der Waals surface area contributed by atoms with Crippen molar-refractivity contribution in [2.45, 2.75) is 13.1 Å². The molecule has 4 nitrogen and oxygen atoms in total.